The van der Waals surface area contributed by atoms with E-state index in [4.69, 9.17) is 14.2 Å². The quantitative estimate of drug-likeness (QED) is 0.619. The Hall–Kier alpha value is -0.200. The second-order valence-electron chi connectivity index (χ2n) is 6.12. The third-order valence-electron chi connectivity index (χ3n) is 3.91. The van der Waals surface area contributed by atoms with Crippen LogP contribution in [0.15, 0.2) is 0 Å². The van der Waals surface area contributed by atoms with Crippen LogP contribution in [0, 0.1) is 0 Å². The van der Waals surface area contributed by atoms with Crippen molar-refractivity contribution in [2.45, 2.75) is 37.1 Å². The van der Waals surface area contributed by atoms with Crippen molar-refractivity contribution in [1.82, 2.24) is 10.6 Å². The summed E-state index contributed by atoms with van der Waals surface area (Å²) in [7, 11) is 0. The van der Waals surface area contributed by atoms with Gasteiger partial charge in [0.25, 0.3) is 0 Å². The van der Waals surface area contributed by atoms with E-state index in [9.17, 15) is 0 Å². The summed E-state index contributed by atoms with van der Waals surface area (Å²) in [5.74, 6) is 0. The zero-order valence-corrected chi connectivity index (χ0v) is 10.7. The molecule has 3 rings (SSSR count). The minimum atomic E-state index is -0.284. The van der Waals surface area contributed by atoms with Crippen molar-refractivity contribution in [1.29, 1.82) is 0 Å². The smallest absolute Gasteiger partial charge is 0.145 e. The first-order chi connectivity index (χ1) is 8.04. The van der Waals surface area contributed by atoms with Gasteiger partial charge in [0.1, 0.15) is 5.72 Å². The Morgan fingerprint density at radius 3 is 2.41 bits per heavy atom. The van der Waals surface area contributed by atoms with Crippen molar-refractivity contribution in [3.05, 3.63) is 0 Å². The highest BCUT2D eigenvalue weighted by atomic mass is 16.6. The predicted octanol–water partition coefficient (Wildman–Crippen LogP) is -0.140. The number of rotatable bonds is 0. The van der Waals surface area contributed by atoms with Crippen LogP contribution in [0.5, 0.6) is 0 Å². The zero-order chi connectivity index (χ0) is 12.0. The van der Waals surface area contributed by atoms with Gasteiger partial charge in [-0.2, -0.15) is 0 Å². The molecule has 98 valence electrons. The standard InChI is InChI=1S/C12H22N2O3/c1-10(2)5-12(9-16-10)14-6-11(8-17-12)7-15-4-3-13-11/h13-14H,3-9H2,1-2H3. The van der Waals surface area contributed by atoms with Gasteiger partial charge in [-0.1, -0.05) is 0 Å². The van der Waals surface area contributed by atoms with E-state index < -0.39 is 0 Å². The molecule has 3 aliphatic rings. The highest BCUT2D eigenvalue weighted by Crippen LogP contribution is 2.36. The molecule has 5 heteroatoms. The lowest BCUT2D eigenvalue weighted by Gasteiger charge is -2.47. The minimum absolute atomic E-state index is 0.0454. The van der Waals surface area contributed by atoms with Gasteiger partial charge in [-0.25, -0.2) is 0 Å². The van der Waals surface area contributed by atoms with Crippen LogP contribution in [0.1, 0.15) is 20.3 Å². The summed E-state index contributed by atoms with van der Waals surface area (Å²) in [6.07, 6.45) is 0.900. The molecule has 17 heavy (non-hydrogen) atoms. The first kappa shape index (κ1) is 11.9. The molecule has 0 aromatic carbocycles. The third kappa shape index (κ3) is 2.22. The summed E-state index contributed by atoms with van der Waals surface area (Å²) in [6, 6.07) is 0. The lowest BCUT2D eigenvalue weighted by molar-refractivity contribution is -0.149. The molecule has 0 aromatic rings. The molecular formula is C12H22N2O3. The van der Waals surface area contributed by atoms with Crippen LogP contribution in [0.4, 0.5) is 0 Å². The monoisotopic (exact) mass is 242 g/mol. The fraction of sp³-hybridized carbons (Fsp3) is 1.00. The first-order valence-corrected chi connectivity index (χ1v) is 6.39. The molecule has 5 nitrogen and oxygen atoms in total. The van der Waals surface area contributed by atoms with Crippen LogP contribution in [0.3, 0.4) is 0 Å². The number of nitrogens with one attached hydrogen (secondary N) is 2. The van der Waals surface area contributed by atoms with Gasteiger partial charge in [0.05, 0.1) is 37.6 Å². The number of hydrogen-bond acceptors (Lipinski definition) is 5. The largest absolute Gasteiger partial charge is 0.378 e. The Bertz CT molecular complexity index is 290. The first-order valence-electron chi connectivity index (χ1n) is 6.39. The van der Waals surface area contributed by atoms with Crippen LogP contribution in [-0.2, 0) is 14.2 Å². The lowest BCUT2D eigenvalue weighted by Crippen LogP contribution is -2.71. The maximum atomic E-state index is 6.08. The van der Waals surface area contributed by atoms with Crippen molar-refractivity contribution < 1.29 is 14.2 Å². The zero-order valence-electron chi connectivity index (χ0n) is 10.7. The van der Waals surface area contributed by atoms with Gasteiger partial charge in [0, 0.05) is 19.5 Å². The molecule has 3 aliphatic heterocycles. The second kappa shape index (κ2) is 3.90. The van der Waals surface area contributed by atoms with Crippen molar-refractivity contribution in [2.75, 3.05) is 39.5 Å². The molecular weight excluding hydrogens is 220 g/mol. The van der Waals surface area contributed by atoms with E-state index in [2.05, 4.69) is 24.5 Å². The molecule has 3 fully saturated rings. The molecule has 2 atom stereocenters. The Morgan fingerprint density at radius 1 is 1.00 bits per heavy atom. The number of morpholine rings is 1. The Morgan fingerprint density at radius 2 is 1.88 bits per heavy atom. The molecule has 2 spiro atoms. The molecule has 2 N–H and O–H groups in total. The lowest BCUT2D eigenvalue weighted by atomic mass is 9.93. The van der Waals surface area contributed by atoms with E-state index in [1.54, 1.807) is 0 Å². The van der Waals surface area contributed by atoms with Crippen LogP contribution in [0.2, 0.25) is 0 Å². The fourth-order valence-electron chi connectivity index (χ4n) is 2.93. The molecule has 0 aliphatic carbocycles. The summed E-state index contributed by atoms with van der Waals surface area (Å²) in [5.41, 5.74) is -0.419. The van der Waals surface area contributed by atoms with E-state index in [-0.39, 0.29) is 16.9 Å². The SMILES string of the molecule is CC1(C)CC2(CO1)NCC1(COCCN1)CO2. The highest BCUT2D eigenvalue weighted by Gasteiger charge is 2.51. The molecule has 2 unspecified atom stereocenters. The molecule has 0 aromatic heterocycles. The van der Waals surface area contributed by atoms with E-state index in [1.807, 2.05) is 0 Å². The highest BCUT2D eigenvalue weighted by molar-refractivity contribution is 5.03. The van der Waals surface area contributed by atoms with Gasteiger partial charge in [0.15, 0.2) is 0 Å². The van der Waals surface area contributed by atoms with Gasteiger partial charge in [-0.05, 0) is 13.8 Å². The van der Waals surface area contributed by atoms with E-state index in [0.29, 0.717) is 13.2 Å². The molecule has 0 amide bonds. The van der Waals surface area contributed by atoms with Crippen LogP contribution >= 0.6 is 0 Å². The van der Waals surface area contributed by atoms with Gasteiger partial charge < -0.3 is 19.5 Å². The van der Waals surface area contributed by atoms with Crippen molar-refractivity contribution >= 4 is 0 Å². The van der Waals surface area contributed by atoms with Crippen LogP contribution in [0.25, 0.3) is 0 Å². The summed E-state index contributed by atoms with van der Waals surface area (Å²) in [5, 5.41) is 7.03. The van der Waals surface area contributed by atoms with Gasteiger partial charge >= 0.3 is 0 Å². The summed E-state index contributed by atoms with van der Waals surface area (Å²) >= 11 is 0. The Labute approximate surface area is 102 Å². The van der Waals surface area contributed by atoms with Crippen LogP contribution < -0.4 is 10.6 Å². The van der Waals surface area contributed by atoms with Gasteiger partial charge in [-0.15, -0.1) is 0 Å². The summed E-state index contributed by atoms with van der Waals surface area (Å²) in [4.78, 5) is 0. The predicted molar refractivity (Wildman–Crippen MR) is 62.9 cm³/mol. The van der Waals surface area contributed by atoms with E-state index in [1.165, 1.54) is 0 Å². The summed E-state index contributed by atoms with van der Waals surface area (Å²) < 4.78 is 17.4. The maximum Gasteiger partial charge on any atom is 0.145 e. The average molecular weight is 242 g/mol. The Balaban J connectivity index is 1.64. The number of hydrogen-bond donors (Lipinski definition) is 2. The molecule has 0 saturated carbocycles. The van der Waals surface area contributed by atoms with Gasteiger partial charge in [-0.3, -0.25) is 5.32 Å². The second-order valence-corrected chi connectivity index (χ2v) is 6.12. The minimum Gasteiger partial charge on any atom is -0.378 e. The van der Waals surface area contributed by atoms with E-state index >= 15 is 0 Å². The van der Waals surface area contributed by atoms with Crippen molar-refractivity contribution in [3.8, 4) is 0 Å². The fourth-order valence-corrected chi connectivity index (χ4v) is 2.93. The maximum absolute atomic E-state index is 6.08. The van der Waals surface area contributed by atoms with Crippen LogP contribution in [-0.4, -0.2) is 56.4 Å². The van der Waals surface area contributed by atoms with Gasteiger partial charge in [0.2, 0.25) is 0 Å². The molecule has 0 bridgehead atoms. The third-order valence-corrected chi connectivity index (χ3v) is 3.91. The van der Waals surface area contributed by atoms with E-state index in [0.717, 1.165) is 32.7 Å². The molecule has 0 radical (unpaired) electrons. The summed E-state index contributed by atoms with van der Waals surface area (Å²) in [6.45, 7) is 8.85. The molecule has 3 saturated heterocycles. The number of ether oxygens (including phenoxy) is 3. The van der Waals surface area contributed by atoms with Crippen molar-refractivity contribution in [3.63, 3.8) is 0 Å². The Kier molecular flexibility index (Phi) is 2.72. The normalized spacial score (nSPS) is 45.5. The average Bonchev–Trinajstić information content (AvgIpc) is 2.62. The van der Waals surface area contributed by atoms with Crippen molar-refractivity contribution in [2.24, 2.45) is 0 Å². The molecule has 3 heterocycles. The topological polar surface area (TPSA) is 51.8 Å².